The van der Waals surface area contributed by atoms with E-state index in [0.29, 0.717) is 24.9 Å². The van der Waals surface area contributed by atoms with Crippen LogP contribution in [-0.4, -0.2) is 47.9 Å². The molecule has 1 saturated heterocycles. The fraction of sp³-hybridized carbons (Fsp3) is 0.533. The van der Waals surface area contributed by atoms with Crippen molar-refractivity contribution in [2.45, 2.75) is 32.2 Å². The van der Waals surface area contributed by atoms with Crippen molar-refractivity contribution in [1.82, 2.24) is 15.2 Å². The maximum absolute atomic E-state index is 12.4. The minimum absolute atomic E-state index is 0.000527. The van der Waals surface area contributed by atoms with Crippen molar-refractivity contribution in [2.75, 3.05) is 25.5 Å². The first-order chi connectivity index (χ1) is 10.1. The molecule has 0 aliphatic carbocycles. The van der Waals surface area contributed by atoms with E-state index in [9.17, 15) is 9.59 Å². The van der Waals surface area contributed by atoms with Crippen molar-refractivity contribution >= 4 is 17.5 Å². The number of nitrogens with zero attached hydrogens (tertiary/aromatic N) is 2. The molecule has 1 aromatic heterocycles. The lowest BCUT2D eigenvalue weighted by molar-refractivity contribution is -0.132. The zero-order chi connectivity index (χ0) is 15.2. The number of piperidine rings is 1. The summed E-state index contributed by atoms with van der Waals surface area (Å²) in [5.41, 5.74) is 1.34. The highest BCUT2D eigenvalue weighted by atomic mass is 16.2. The van der Waals surface area contributed by atoms with Crippen LogP contribution in [-0.2, 0) is 4.79 Å². The van der Waals surface area contributed by atoms with Gasteiger partial charge in [-0.2, -0.15) is 0 Å². The normalized spacial score (nSPS) is 18.5. The Morgan fingerprint density at radius 3 is 3.05 bits per heavy atom. The molecule has 2 amide bonds. The van der Waals surface area contributed by atoms with Gasteiger partial charge in [-0.25, -0.2) is 0 Å². The van der Waals surface area contributed by atoms with Gasteiger partial charge in [-0.05, 0) is 18.9 Å². The van der Waals surface area contributed by atoms with Crippen LogP contribution in [0.5, 0.6) is 0 Å². The van der Waals surface area contributed by atoms with E-state index >= 15 is 0 Å². The van der Waals surface area contributed by atoms with Crippen molar-refractivity contribution in [3.8, 4) is 0 Å². The molecule has 1 atom stereocenters. The van der Waals surface area contributed by atoms with E-state index in [4.69, 9.17) is 0 Å². The third kappa shape index (κ3) is 3.93. The smallest absolute Gasteiger partial charge is 0.255 e. The summed E-state index contributed by atoms with van der Waals surface area (Å²) in [5, 5.41) is 6.22. The van der Waals surface area contributed by atoms with Gasteiger partial charge in [0.25, 0.3) is 5.91 Å². The highest BCUT2D eigenvalue weighted by Crippen LogP contribution is 2.15. The number of likely N-dealkylation sites (tertiary alicyclic amines) is 1. The first-order valence-corrected chi connectivity index (χ1v) is 7.34. The summed E-state index contributed by atoms with van der Waals surface area (Å²) in [7, 11) is 1.76. The van der Waals surface area contributed by atoms with Gasteiger partial charge >= 0.3 is 0 Å². The van der Waals surface area contributed by atoms with Gasteiger partial charge in [0.15, 0.2) is 0 Å². The SMILES string of the molecule is CCCNc1ccncc1C(=O)NC1CCC(=O)N(C)C1. The van der Waals surface area contributed by atoms with E-state index in [1.54, 1.807) is 30.4 Å². The molecule has 0 radical (unpaired) electrons. The molecule has 2 heterocycles. The van der Waals surface area contributed by atoms with Crippen molar-refractivity contribution in [3.05, 3.63) is 24.0 Å². The first-order valence-electron chi connectivity index (χ1n) is 7.34. The molecule has 1 unspecified atom stereocenters. The molecule has 2 N–H and O–H groups in total. The zero-order valence-corrected chi connectivity index (χ0v) is 12.6. The van der Waals surface area contributed by atoms with Crippen molar-refractivity contribution in [3.63, 3.8) is 0 Å². The average Bonchev–Trinajstić information content (AvgIpc) is 2.49. The molecular formula is C15H22N4O2. The van der Waals surface area contributed by atoms with Crippen LogP contribution in [0.4, 0.5) is 5.69 Å². The Morgan fingerprint density at radius 1 is 1.52 bits per heavy atom. The second-order valence-electron chi connectivity index (χ2n) is 5.33. The summed E-state index contributed by atoms with van der Waals surface area (Å²) in [4.78, 5) is 29.5. The summed E-state index contributed by atoms with van der Waals surface area (Å²) in [6, 6.07) is 1.81. The molecule has 0 aromatic carbocycles. The average molecular weight is 290 g/mol. The van der Waals surface area contributed by atoms with Crippen LogP contribution >= 0.6 is 0 Å². The van der Waals surface area contributed by atoms with E-state index in [1.807, 2.05) is 0 Å². The third-order valence-corrected chi connectivity index (χ3v) is 3.59. The molecule has 1 fully saturated rings. The van der Waals surface area contributed by atoms with Crippen LogP contribution in [0.25, 0.3) is 0 Å². The summed E-state index contributed by atoms with van der Waals surface area (Å²) < 4.78 is 0. The predicted molar refractivity (Wildman–Crippen MR) is 81.1 cm³/mol. The number of carbonyl (C=O) groups excluding carboxylic acids is 2. The van der Waals surface area contributed by atoms with E-state index in [-0.39, 0.29) is 17.9 Å². The number of hydrogen-bond acceptors (Lipinski definition) is 4. The van der Waals surface area contributed by atoms with E-state index in [2.05, 4.69) is 22.5 Å². The predicted octanol–water partition coefficient (Wildman–Crippen LogP) is 1.25. The second-order valence-corrected chi connectivity index (χ2v) is 5.33. The van der Waals surface area contributed by atoms with Crippen molar-refractivity contribution in [1.29, 1.82) is 0 Å². The Balaban J connectivity index is 2.01. The van der Waals surface area contributed by atoms with Crippen LogP contribution < -0.4 is 10.6 Å². The number of pyridine rings is 1. The zero-order valence-electron chi connectivity index (χ0n) is 12.6. The Kier molecular flexibility index (Phi) is 5.14. The topological polar surface area (TPSA) is 74.3 Å². The van der Waals surface area contributed by atoms with Gasteiger partial charge in [0, 0.05) is 45.0 Å². The van der Waals surface area contributed by atoms with Gasteiger partial charge in [-0.3, -0.25) is 14.6 Å². The number of anilines is 1. The first kappa shape index (κ1) is 15.3. The maximum atomic E-state index is 12.4. The van der Waals surface area contributed by atoms with E-state index in [1.165, 1.54) is 0 Å². The molecule has 2 rings (SSSR count). The number of amides is 2. The lowest BCUT2D eigenvalue weighted by atomic mass is 10.1. The summed E-state index contributed by atoms with van der Waals surface area (Å²) >= 11 is 0. The molecule has 0 saturated carbocycles. The Labute approximate surface area is 124 Å². The van der Waals surface area contributed by atoms with Gasteiger partial charge in [0.05, 0.1) is 11.3 Å². The Hall–Kier alpha value is -2.11. The number of carbonyl (C=O) groups is 2. The fourth-order valence-corrected chi connectivity index (χ4v) is 2.38. The van der Waals surface area contributed by atoms with Crippen LogP contribution in [0.3, 0.4) is 0 Å². The lowest BCUT2D eigenvalue weighted by Crippen LogP contribution is -2.48. The quantitative estimate of drug-likeness (QED) is 0.856. The highest BCUT2D eigenvalue weighted by Gasteiger charge is 2.25. The molecule has 1 aromatic rings. The summed E-state index contributed by atoms with van der Waals surface area (Å²) in [6.45, 7) is 3.44. The number of aromatic nitrogens is 1. The number of likely N-dealkylation sites (N-methyl/N-ethyl adjacent to an activating group) is 1. The standard InChI is InChI=1S/C15H22N4O2/c1-3-7-17-13-6-8-16-9-12(13)15(21)18-11-4-5-14(20)19(2)10-11/h6,8-9,11H,3-5,7,10H2,1-2H3,(H,16,17)(H,18,21). The molecule has 114 valence electrons. The number of nitrogens with one attached hydrogen (secondary N) is 2. The van der Waals surface area contributed by atoms with Gasteiger partial charge < -0.3 is 15.5 Å². The van der Waals surface area contributed by atoms with Gasteiger partial charge in [-0.15, -0.1) is 0 Å². The molecule has 6 nitrogen and oxygen atoms in total. The molecule has 1 aliphatic rings. The summed E-state index contributed by atoms with van der Waals surface area (Å²) in [6.07, 6.45) is 5.40. The second kappa shape index (κ2) is 7.06. The fourth-order valence-electron chi connectivity index (χ4n) is 2.38. The Morgan fingerprint density at radius 2 is 2.33 bits per heavy atom. The molecule has 6 heteroatoms. The minimum atomic E-state index is -0.144. The van der Waals surface area contributed by atoms with Crippen LogP contribution in [0.15, 0.2) is 18.5 Å². The molecular weight excluding hydrogens is 268 g/mol. The number of rotatable bonds is 5. The summed E-state index contributed by atoms with van der Waals surface area (Å²) in [5.74, 6) is -0.0124. The van der Waals surface area contributed by atoms with Crippen LogP contribution in [0.2, 0.25) is 0 Å². The molecule has 21 heavy (non-hydrogen) atoms. The molecule has 1 aliphatic heterocycles. The minimum Gasteiger partial charge on any atom is -0.384 e. The lowest BCUT2D eigenvalue weighted by Gasteiger charge is -2.30. The van der Waals surface area contributed by atoms with Crippen LogP contribution in [0.1, 0.15) is 36.5 Å². The maximum Gasteiger partial charge on any atom is 0.255 e. The molecule has 0 spiro atoms. The van der Waals surface area contributed by atoms with Gasteiger partial charge in [-0.1, -0.05) is 6.92 Å². The van der Waals surface area contributed by atoms with Gasteiger partial charge in [0.1, 0.15) is 0 Å². The largest absolute Gasteiger partial charge is 0.384 e. The molecule has 0 bridgehead atoms. The third-order valence-electron chi connectivity index (χ3n) is 3.59. The van der Waals surface area contributed by atoms with Crippen molar-refractivity contribution < 1.29 is 9.59 Å². The highest BCUT2D eigenvalue weighted by molar-refractivity contribution is 5.99. The van der Waals surface area contributed by atoms with E-state index < -0.39 is 0 Å². The van der Waals surface area contributed by atoms with Crippen molar-refractivity contribution in [2.24, 2.45) is 0 Å². The Bertz CT molecular complexity index is 518. The van der Waals surface area contributed by atoms with Gasteiger partial charge in [0.2, 0.25) is 5.91 Å². The van der Waals surface area contributed by atoms with Crippen LogP contribution in [0, 0.1) is 0 Å². The number of hydrogen-bond donors (Lipinski definition) is 2. The monoisotopic (exact) mass is 290 g/mol. The van der Waals surface area contributed by atoms with E-state index in [0.717, 1.165) is 18.7 Å².